The minimum Gasteiger partial charge on any atom is -0.496 e. The number of rotatable bonds is 5. The van der Waals surface area contributed by atoms with E-state index in [4.69, 9.17) is 15.2 Å². The van der Waals surface area contributed by atoms with E-state index in [2.05, 4.69) is 32.9 Å². The summed E-state index contributed by atoms with van der Waals surface area (Å²) < 4.78 is 11.0. The van der Waals surface area contributed by atoms with Crippen LogP contribution < -0.4 is 10.5 Å². The zero-order valence-electron chi connectivity index (χ0n) is 12.5. The fourth-order valence-corrected chi connectivity index (χ4v) is 3.30. The van der Waals surface area contributed by atoms with Gasteiger partial charge in [0.15, 0.2) is 0 Å². The first-order valence-electron chi connectivity index (χ1n) is 7.02. The number of hydrogen-bond acceptors (Lipinski definition) is 3. The van der Waals surface area contributed by atoms with Crippen molar-refractivity contribution in [1.29, 1.82) is 0 Å². The van der Waals surface area contributed by atoms with Gasteiger partial charge in [-0.15, -0.1) is 0 Å². The molecule has 1 saturated heterocycles. The Hall–Kier alpha value is -1.06. The topological polar surface area (TPSA) is 44.5 Å². The van der Waals surface area contributed by atoms with Crippen molar-refractivity contribution >= 4 is 0 Å². The van der Waals surface area contributed by atoms with E-state index < -0.39 is 0 Å². The molecule has 0 spiro atoms. The van der Waals surface area contributed by atoms with Gasteiger partial charge in [0.05, 0.1) is 20.3 Å². The molecule has 0 amide bonds. The smallest absolute Gasteiger partial charge is 0.124 e. The Morgan fingerprint density at radius 3 is 2.21 bits per heavy atom. The highest BCUT2D eigenvalue weighted by atomic mass is 16.5. The molecule has 1 unspecified atom stereocenters. The van der Waals surface area contributed by atoms with Crippen LogP contribution in [0, 0.1) is 19.8 Å². The van der Waals surface area contributed by atoms with Gasteiger partial charge in [0.2, 0.25) is 0 Å². The molecule has 19 heavy (non-hydrogen) atoms. The van der Waals surface area contributed by atoms with Crippen LogP contribution in [0.4, 0.5) is 0 Å². The highest BCUT2D eigenvalue weighted by Crippen LogP contribution is 2.42. The van der Waals surface area contributed by atoms with E-state index in [1.165, 1.54) is 16.7 Å². The predicted molar refractivity (Wildman–Crippen MR) is 77.8 cm³/mol. The molecule has 106 valence electrons. The fourth-order valence-electron chi connectivity index (χ4n) is 3.30. The second-order valence-electron chi connectivity index (χ2n) is 5.63. The second kappa shape index (κ2) is 5.51. The third kappa shape index (κ3) is 2.26. The maximum atomic E-state index is 5.97. The van der Waals surface area contributed by atoms with Gasteiger partial charge >= 0.3 is 0 Å². The molecule has 2 N–H and O–H groups in total. The van der Waals surface area contributed by atoms with Gasteiger partial charge in [0.1, 0.15) is 5.75 Å². The van der Waals surface area contributed by atoms with Gasteiger partial charge in [-0.1, -0.05) is 25.5 Å². The normalized spacial score (nSPS) is 18.8. The highest BCUT2D eigenvalue weighted by Gasteiger charge is 2.46. The van der Waals surface area contributed by atoms with Gasteiger partial charge in [0.25, 0.3) is 0 Å². The first kappa shape index (κ1) is 14.4. The summed E-state index contributed by atoms with van der Waals surface area (Å²) in [7, 11) is 1.73. The van der Waals surface area contributed by atoms with Crippen molar-refractivity contribution < 1.29 is 9.47 Å². The lowest BCUT2D eigenvalue weighted by Gasteiger charge is -2.47. The number of methoxy groups -OCH3 is 1. The Bertz CT molecular complexity index is 425. The molecule has 1 aliphatic heterocycles. The zero-order valence-corrected chi connectivity index (χ0v) is 12.5. The molecule has 1 aromatic carbocycles. The van der Waals surface area contributed by atoms with E-state index in [9.17, 15) is 0 Å². The molecule has 2 rings (SSSR count). The summed E-state index contributed by atoms with van der Waals surface area (Å²) in [5.41, 5.74) is 9.80. The van der Waals surface area contributed by atoms with Crippen molar-refractivity contribution in [3.8, 4) is 5.75 Å². The van der Waals surface area contributed by atoms with E-state index >= 15 is 0 Å². The first-order chi connectivity index (χ1) is 9.08. The molecule has 3 nitrogen and oxygen atoms in total. The van der Waals surface area contributed by atoms with Gasteiger partial charge in [-0.2, -0.15) is 0 Å². The van der Waals surface area contributed by atoms with Crippen molar-refractivity contribution in [1.82, 2.24) is 0 Å². The molecule has 0 aliphatic carbocycles. The largest absolute Gasteiger partial charge is 0.496 e. The number of ether oxygens (including phenoxy) is 2. The average molecular weight is 263 g/mol. The monoisotopic (exact) mass is 263 g/mol. The standard InChI is InChI=1S/C16H25NO2/c1-5-13(8-17)16(9-19-10-16)14-6-11(2)15(18-4)12(3)7-14/h6-7,13H,5,8-10,17H2,1-4H3. The number of nitrogens with two attached hydrogens (primary N) is 1. The van der Waals surface area contributed by atoms with Gasteiger partial charge in [0, 0.05) is 5.41 Å². The summed E-state index contributed by atoms with van der Waals surface area (Å²) in [5.74, 6) is 1.47. The Morgan fingerprint density at radius 2 is 1.89 bits per heavy atom. The number of aryl methyl sites for hydroxylation is 2. The van der Waals surface area contributed by atoms with Crippen LogP contribution in [0.3, 0.4) is 0 Å². The van der Waals surface area contributed by atoms with Crippen LogP contribution in [0.25, 0.3) is 0 Å². The van der Waals surface area contributed by atoms with Crippen molar-refractivity contribution in [2.24, 2.45) is 11.7 Å². The molecule has 0 aromatic heterocycles. The molecular formula is C16H25NO2. The molecular weight excluding hydrogens is 238 g/mol. The van der Waals surface area contributed by atoms with Crippen molar-refractivity contribution in [3.05, 3.63) is 28.8 Å². The quantitative estimate of drug-likeness (QED) is 0.888. The lowest BCUT2D eigenvalue weighted by molar-refractivity contribution is -0.0898. The molecule has 0 saturated carbocycles. The molecule has 1 aromatic rings. The van der Waals surface area contributed by atoms with E-state index in [-0.39, 0.29) is 5.41 Å². The second-order valence-corrected chi connectivity index (χ2v) is 5.63. The van der Waals surface area contributed by atoms with Crippen LogP contribution in [0.2, 0.25) is 0 Å². The summed E-state index contributed by atoms with van der Waals surface area (Å²) in [6.07, 6.45) is 1.09. The molecule has 1 heterocycles. The lowest BCUT2D eigenvalue weighted by atomic mass is 9.67. The van der Waals surface area contributed by atoms with Crippen molar-refractivity contribution in [3.63, 3.8) is 0 Å². The number of hydrogen-bond donors (Lipinski definition) is 1. The van der Waals surface area contributed by atoms with Crippen molar-refractivity contribution in [2.45, 2.75) is 32.6 Å². The van der Waals surface area contributed by atoms with Crippen LogP contribution in [0.15, 0.2) is 12.1 Å². The maximum Gasteiger partial charge on any atom is 0.124 e. The summed E-state index contributed by atoms with van der Waals surface area (Å²) in [6, 6.07) is 4.49. The SMILES string of the molecule is CCC(CN)C1(c2cc(C)c(OC)c(C)c2)COC1. The van der Waals surface area contributed by atoms with Crippen LogP contribution in [-0.2, 0) is 10.2 Å². The molecule has 1 atom stereocenters. The lowest BCUT2D eigenvalue weighted by Crippen LogP contribution is -2.54. The van der Waals surface area contributed by atoms with Gasteiger partial charge in [-0.25, -0.2) is 0 Å². The Morgan fingerprint density at radius 1 is 1.32 bits per heavy atom. The Balaban J connectivity index is 2.45. The minimum absolute atomic E-state index is 0.102. The van der Waals surface area contributed by atoms with Crippen LogP contribution in [0.5, 0.6) is 5.75 Å². The predicted octanol–water partition coefficient (Wildman–Crippen LogP) is 2.56. The average Bonchev–Trinajstić information content (AvgIpc) is 2.33. The summed E-state index contributed by atoms with van der Waals surface area (Å²) in [4.78, 5) is 0. The van der Waals surface area contributed by atoms with E-state index in [0.29, 0.717) is 12.5 Å². The van der Waals surface area contributed by atoms with E-state index in [1.54, 1.807) is 7.11 Å². The van der Waals surface area contributed by atoms with Gasteiger partial charge < -0.3 is 15.2 Å². The minimum atomic E-state index is 0.102. The van der Waals surface area contributed by atoms with Crippen LogP contribution in [0.1, 0.15) is 30.0 Å². The van der Waals surface area contributed by atoms with Crippen molar-refractivity contribution in [2.75, 3.05) is 26.9 Å². The third-order valence-electron chi connectivity index (χ3n) is 4.52. The molecule has 0 radical (unpaired) electrons. The Kier molecular flexibility index (Phi) is 4.16. The fraction of sp³-hybridized carbons (Fsp3) is 0.625. The van der Waals surface area contributed by atoms with Gasteiger partial charge in [-0.3, -0.25) is 0 Å². The third-order valence-corrected chi connectivity index (χ3v) is 4.52. The first-order valence-corrected chi connectivity index (χ1v) is 7.02. The molecule has 1 fully saturated rings. The van der Waals surface area contributed by atoms with Gasteiger partial charge in [-0.05, 0) is 43.0 Å². The number of benzene rings is 1. The Labute approximate surface area is 116 Å². The van der Waals surface area contributed by atoms with Crippen LogP contribution >= 0.6 is 0 Å². The summed E-state index contributed by atoms with van der Waals surface area (Å²) in [5, 5.41) is 0. The molecule has 0 bridgehead atoms. The zero-order chi connectivity index (χ0) is 14.0. The summed E-state index contributed by atoms with van der Waals surface area (Å²) >= 11 is 0. The summed E-state index contributed by atoms with van der Waals surface area (Å²) in [6.45, 7) is 8.70. The maximum absolute atomic E-state index is 5.97. The molecule has 3 heteroatoms. The molecule has 1 aliphatic rings. The van der Waals surface area contributed by atoms with Crippen LogP contribution in [-0.4, -0.2) is 26.9 Å². The highest BCUT2D eigenvalue weighted by molar-refractivity contribution is 5.46. The van der Waals surface area contributed by atoms with E-state index in [1.807, 2.05) is 0 Å². The van der Waals surface area contributed by atoms with E-state index in [0.717, 1.165) is 25.4 Å².